The molecule has 1 atom stereocenters. The first kappa shape index (κ1) is 18.2. The molecule has 146 valence electrons. The van der Waals surface area contributed by atoms with Crippen LogP contribution in [-0.4, -0.2) is 47.1 Å². The number of hydrogen-bond donors (Lipinski definition) is 0. The summed E-state index contributed by atoms with van der Waals surface area (Å²) < 4.78 is 18.4. The van der Waals surface area contributed by atoms with Gasteiger partial charge in [-0.3, -0.25) is 0 Å². The summed E-state index contributed by atoms with van der Waals surface area (Å²) in [5, 5.41) is 1.02. The lowest BCUT2D eigenvalue weighted by atomic mass is 10.0. The van der Waals surface area contributed by atoms with Gasteiger partial charge in [0, 0.05) is 17.6 Å². The fourth-order valence-corrected chi connectivity index (χ4v) is 3.99. The fourth-order valence-electron chi connectivity index (χ4n) is 3.99. The maximum atomic E-state index is 12.9. The summed E-state index contributed by atoms with van der Waals surface area (Å²) >= 11 is 0. The summed E-state index contributed by atoms with van der Waals surface area (Å²) in [5.74, 6) is 1.29. The molecular formula is C21H28N2O4. The first-order chi connectivity index (χ1) is 12.8. The van der Waals surface area contributed by atoms with Crippen LogP contribution >= 0.6 is 0 Å². The minimum absolute atomic E-state index is 0.174. The monoisotopic (exact) mass is 372 g/mol. The van der Waals surface area contributed by atoms with Crippen molar-refractivity contribution in [3.05, 3.63) is 23.9 Å². The molecule has 4 rings (SSSR count). The third-order valence-electron chi connectivity index (χ3n) is 5.25. The average Bonchev–Trinajstić information content (AvgIpc) is 3.32. The molecule has 6 nitrogen and oxygen atoms in total. The van der Waals surface area contributed by atoms with E-state index in [1.807, 2.05) is 39.1 Å². The van der Waals surface area contributed by atoms with Crippen LogP contribution in [0.3, 0.4) is 0 Å². The van der Waals surface area contributed by atoms with E-state index in [9.17, 15) is 4.79 Å². The summed E-state index contributed by atoms with van der Waals surface area (Å²) in [7, 11) is 0. The second-order valence-electron chi connectivity index (χ2n) is 8.50. The molecule has 1 unspecified atom stereocenters. The van der Waals surface area contributed by atoms with E-state index >= 15 is 0 Å². The van der Waals surface area contributed by atoms with Gasteiger partial charge in [0.1, 0.15) is 11.1 Å². The quantitative estimate of drug-likeness (QED) is 0.809. The summed E-state index contributed by atoms with van der Waals surface area (Å²) in [5.41, 5.74) is 1.31. The van der Waals surface area contributed by atoms with Crippen LogP contribution < -0.4 is 9.47 Å². The predicted octanol–water partition coefficient (Wildman–Crippen LogP) is 4.18. The summed E-state index contributed by atoms with van der Waals surface area (Å²) in [4.78, 5) is 15.4. The minimum atomic E-state index is -0.563. The van der Waals surface area contributed by atoms with E-state index in [0.29, 0.717) is 17.5 Å². The number of carbonyl (C=O) groups excluding carboxylic acids is 1. The van der Waals surface area contributed by atoms with Crippen LogP contribution in [0.5, 0.6) is 11.5 Å². The highest BCUT2D eigenvalue weighted by molar-refractivity contribution is 5.97. The number of fused-ring (bicyclic) bond motifs is 3. The molecule has 0 aliphatic carbocycles. The summed E-state index contributed by atoms with van der Waals surface area (Å²) in [6, 6.07) is 4.37. The first-order valence-corrected chi connectivity index (χ1v) is 9.73. The van der Waals surface area contributed by atoms with Crippen molar-refractivity contribution in [2.75, 3.05) is 19.9 Å². The van der Waals surface area contributed by atoms with E-state index in [1.165, 1.54) is 12.8 Å². The molecule has 2 aliphatic rings. The highest BCUT2D eigenvalue weighted by Crippen LogP contribution is 2.41. The smallest absolute Gasteiger partial charge is 0.419 e. The van der Waals surface area contributed by atoms with Crippen molar-refractivity contribution < 1.29 is 19.0 Å². The van der Waals surface area contributed by atoms with E-state index in [1.54, 1.807) is 4.57 Å². The number of aromatic nitrogens is 1. The zero-order valence-electron chi connectivity index (χ0n) is 16.6. The maximum absolute atomic E-state index is 12.9. The molecule has 2 aliphatic heterocycles. The van der Waals surface area contributed by atoms with Crippen LogP contribution in [0.1, 0.15) is 46.1 Å². The third-order valence-corrected chi connectivity index (χ3v) is 5.25. The molecule has 3 heterocycles. The zero-order valence-corrected chi connectivity index (χ0v) is 16.6. The van der Waals surface area contributed by atoms with Gasteiger partial charge in [-0.1, -0.05) is 0 Å². The molecule has 27 heavy (non-hydrogen) atoms. The lowest BCUT2D eigenvalue weighted by Crippen LogP contribution is -2.31. The van der Waals surface area contributed by atoms with Crippen molar-refractivity contribution in [1.82, 2.24) is 9.47 Å². The maximum Gasteiger partial charge on any atom is 0.419 e. The van der Waals surface area contributed by atoms with Crippen LogP contribution in [0.4, 0.5) is 4.79 Å². The lowest BCUT2D eigenvalue weighted by Gasteiger charge is -2.23. The molecule has 6 heteroatoms. The molecule has 2 aromatic rings. The molecule has 1 fully saturated rings. The number of nitrogens with zero attached hydrogens (tertiary/aromatic N) is 2. The van der Waals surface area contributed by atoms with E-state index < -0.39 is 11.7 Å². The Morgan fingerprint density at radius 1 is 1.22 bits per heavy atom. The van der Waals surface area contributed by atoms with Gasteiger partial charge in [0.25, 0.3) is 0 Å². The van der Waals surface area contributed by atoms with Crippen LogP contribution in [0, 0.1) is 0 Å². The van der Waals surface area contributed by atoms with Gasteiger partial charge in [0.2, 0.25) is 6.79 Å². The van der Waals surface area contributed by atoms with E-state index in [-0.39, 0.29) is 6.79 Å². The number of ether oxygens (including phenoxy) is 3. The van der Waals surface area contributed by atoms with Gasteiger partial charge in [0.05, 0.1) is 0 Å². The highest BCUT2D eigenvalue weighted by atomic mass is 16.7. The van der Waals surface area contributed by atoms with E-state index in [2.05, 4.69) is 11.8 Å². The zero-order chi connectivity index (χ0) is 19.2. The van der Waals surface area contributed by atoms with Crippen LogP contribution in [-0.2, 0) is 11.2 Å². The second kappa shape index (κ2) is 6.75. The number of carbonyl (C=O) groups is 1. The average molecular weight is 372 g/mol. The molecule has 1 saturated heterocycles. The third kappa shape index (κ3) is 3.50. The second-order valence-corrected chi connectivity index (χ2v) is 8.50. The number of rotatable bonds is 3. The molecular weight excluding hydrogens is 344 g/mol. The Balaban J connectivity index is 1.75. The molecule has 0 radical (unpaired) electrons. The lowest BCUT2D eigenvalue weighted by molar-refractivity contribution is 0.0543. The van der Waals surface area contributed by atoms with Crippen molar-refractivity contribution in [2.24, 2.45) is 0 Å². The molecule has 0 bridgehead atoms. The van der Waals surface area contributed by atoms with Gasteiger partial charge in [-0.25, -0.2) is 9.36 Å². The Hall–Kier alpha value is -2.21. The molecule has 1 aromatic heterocycles. The normalized spacial score (nSPS) is 18.2. The molecule has 0 saturated carbocycles. The SMILES string of the molecule is CC(Cc1cn(C(=O)OC(C)(C)C)c2c3c(ccc12)OCO3)N1CCCC1. The Bertz CT molecular complexity index is 859. The standard InChI is InChI=1S/C21H28N2O4/c1-14(22-9-5-6-10-22)11-15-12-23(20(24)27-21(2,3)4)18-16(15)7-8-17-19(18)26-13-25-17/h7-8,12,14H,5-6,9-11,13H2,1-4H3. The van der Waals surface area contributed by atoms with E-state index in [4.69, 9.17) is 14.2 Å². The van der Waals surface area contributed by atoms with Gasteiger partial charge >= 0.3 is 6.09 Å². The Morgan fingerprint density at radius 2 is 1.96 bits per heavy atom. The van der Waals surface area contributed by atoms with Gasteiger partial charge < -0.3 is 19.1 Å². The Morgan fingerprint density at radius 3 is 2.67 bits per heavy atom. The Kier molecular flexibility index (Phi) is 4.54. The fraction of sp³-hybridized carbons (Fsp3) is 0.571. The van der Waals surface area contributed by atoms with Crippen LogP contribution in [0.15, 0.2) is 18.3 Å². The van der Waals surface area contributed by atoms with Crippen molar-refractivity contribution in [3.63, 3.8) is 0 Å². The van der Waals surface area contributed by atoms with Crippen molar-refractivity contribution in [3.8, 4) is 11.5 Å². The van der Waals surface area contributed by atoms with Gasteiger partial charge in [0.15, 0.2) is 11.5 Å². The molecule has 1 aromatic carbocycles. The van der Waals surface area contributed by atoms with Crippen LogP contribution in [0.25, 0.3) is 10.9 Å². The van der Waals surface area contributed by atoms with E-state index in [0.717, 1.165) is 36.0 Å². The van der Waals surface area contributed by atoms with Crippen molar-refractivity contribution in [2.45, 2.75) is 58.6 Å². The highest BCUT2D eigenvalue weighted by Gasteiger charge is 2.28. The summed E-state index contributed by atoms with van der Waals surface area (Å²) in [6.45, 7) is 10.4. The van der Waals surface area contributed by atoms with Crippen molar-refractivity contribution in [1.29, 1.82) is 0 Å². The molecule has 0 amide bonds. The summed E-state index contributed by atoms with van der Waals surface area (Å²) in [6.07, 6.45) is 4.93. The minimum Gasteiger partial charge on any atom is -0.454 e. The predicted molar refractivity (Wildman–Crippen MR) is 104 cm³/mol. The topological polar surface area (TPSA) is 52.9 Å². The van der Waals surface area contributed by atoms with Gasteiger partial charge in [-0.05, 0) is 77.7 Å². The first-order valence-electron chi connectivity index (χ1n) is 9.73. The molecule has 0 N–H and O–H groups in total. The number of benzene rings is 1. The number of likely N-dealkylation sites (tertiary alicyclic amines) is 1. The Labute approximate surface area is 160 Å². The van der Waals surface area contributed by atoms with Gasteiger partial charge in [-0.15, -0.1) is 0 Å². The van der Waals surface area contributed by atoms with Crippen LogP contribution in [0.2, 0.25) is 0 Å². The molecule has 0 spiro atoms. The van der Waals surface area contributed by atoms with Gasteiger partial charge in [-0.2, -0.15) is 0 Å². The largest absolute Gasteiger partial charge is 0.454 e. The van der Waals surface area contributed by atoms with Crippen molar-refractivity contribution >= 4 is 17.0 Å². The number of hydrogen-bond acceptors (Lipinski definition) is 5.